The highest BCUT2D eigenvalue weighted by Crippen LogP contribution is 2.29. The van der Waals surface area contributed by atoms with E-state index in [-0.39, 0.29) is 0 Å². The fourth-order valence-electron chi connectivity index (χ4n) is 3.14. The minimum Gasteiger partial charge on any atom is -0.259 e. The Labute approximate surface area is 166 Å². The first-order valence-electron chi connectivity index (χ1n) is 8.95. The maximum Gasteiger partial charge on any atom is 0.173 e. The molecule has 1 N–H and O–H groups in total. The predicted octanol–water partition coefficient (Wildman–Crippen LogP) is 5.96. The van der Waals surface area contributed by atoms with Gasteiger partial charge in [-0.25, -0.2) is 9.97 Å². The van der Waals surface area contributed by atoms with Crippen LogP contribution in [0.5, 0.6) is 0 Å². The molecule has 5 aromatic rings. The van der Waals surface area contributed by atoms with E-state index in [2.05, 4.69) is 40.9 Å². The molecular weight excluding hydrogens is 364 g/mol. The van der Waals surface area contributed by atoms with Gasteiger partial charge in [-0.3, -0.25) is 5.43 Å². The number of hydrogen-bond acceptors (Lipinski definition) is 5. The highest BCUT2D eigenvalue weighted by molar-refractivity contribution is 7.11. The van der Waals surface area contributed by atoms with Crippen molar-refractivity contribution < 1.29 is 0 Å². The van der Waals surface area contributed by atoms with Crippen molar-refractivity contribution >= 4 is 45.2 Å². The van der Waals surface area contributed by atoms with E-state index in [4.69, 9.17) is 9.97 Å². The summed E-state index contributed by atoms with van der Waals surface area (Å²) in [5.74, 6) is 0.641. The van der Waals surface area contributed by atoms with Crippen LogP contribution in [0.15, 0.2) is 89.3 Å². The Morgan fingerprint density at radius 3 is 2.39 bits per heavy atom. The van der Waals surface area contributed by atoms with Gasteiger partial charge in [-0.2, -0.15) is 5.10 Å². The van der Waals surface area contributed by atoms with Gasteiger partial charge in [0.25, 0.3) is 0 Å². The van der Waals surface area contributed by atoms with Crippen molar-refractivity contribution in [2.24, 2.45) is 5.10 Å². The van der Waals surface area contributed by atoms with Gasteiger partial charge in [0.05, 0.1) is 17.2 Å². The van der Waals surface area contributed by atoms with Crippen LogP contribution < -0.4 is 5.43 Å². The molecule has 0 spiro atoms. The van der Waals surface area contributed by atoms with E-state index >= 15 is 0 Å². The summed E-state index contributed by atoms with van der Waals surface area (Å²) in [6.45, 7) is 0. The summed E-state index contributed by atoms with van der Waals surface area (Å²) in [6, 6.07) is 26.5. The van der Waals surface area contributed by atoms with Crippen LogP contribution in [0, 0.1) is 0 Å². The summed E-state index contributed by atoms with van der Waals surface area (Å²) in [6.07, 6.45) is 1.80. The normalized spacial score (nSPS) is 11.4. The first-order chi connectivity index (χ1) is 13.9. The summed E-state index contributed by atoms with van der Waals surface area (Å²) in [5, 5.41) is 8.77. The number of nitrogens with one attached hydrogen (secondary N) is 1. The van der Waals surface area contributed by atoms with Crippen molar-refractivity contribution in [3.05, 3.63) is 89.1 Å². The standard InChI is InChI=1S/C23H16N4S/c1-2-7-17-14-18(12-11-16(17)6-1)22-23(27-24-15-19-8-5-13-28-19)26-21-10-4-3-9-20(21)25-22/h1-15H,(H,26,27)/b24-15+. The number of thiophene rings is 1. The Bertz CT molecular complexity index is 1290. The molecule has 0 unspecified atom stereocenters. The van der Waals surface area contributed by atoms with Crippen LogP contribution in [0.3, 0.4) is 0 Å². The molecule has 0 aliphatic heterocycles. The Hall–Kier alpha value is -3.57. The predicted molar refractivity (Wildman–Crippen MR) is 118 cm³/mol. The van der Waals surface area contributed by atoms with Crippen LogP contribution in [-0.4, -0.2) is 16.2 Å². The van der Waals surface area contributed by atoms with Crippen LogP contribution in [0.4, 0.5) is 5.82 Å². The van der Waals surface area contributed by atoms with Gasteiger partial charge in [0, 0.05) is 10.4 Å². The molecular formula is C23H16N4S. The maximum absolute atomic E-state index is 4.87. The Balaban J connectivity index is 1.62. The van der Waals surface area contributed by atoms with E-state index in [1.165, 1.54) is 10.8 Å². The molecule has 5 rings (SSSR count). The first-order valence-corrected chi connectivity index (χ1v) is 9.83. The molecule has 28 heavy (non-hydrogen) atoms. The van der Waals surface area contributed by atoms with Crippen molar-refractivity contribution in [3.8, 4) is 11.3 Å². The zero-order valence-corrected chi connectivity index (χ0v) is 15.7. The molecule has 0 fully saturated rings. The van der Waals surface area contributed by atoms with Gasteiger partial charge in [0.2, 0.25) is 0 Å². The van der Waals surface area contributed by atoms with Gasteiger partial charge in [0.1, 0.15) is 5.69 Å². The average Bonchev–Trinajstić information content (AvgIpc) is 3.26. The Kier molecular flexibility index (Phi) is 4.27. The van der Waals surface area contributed by atoms with Gasteiger partial charge >= 0.3 is 0 Å². The van der Waals surface area contributed by atoms with Crippen LogP contribution in [0.2, 0.25) is 0 Å². The summed E-state index contributed by atoms with van der Waals surface area (Å²) in [7, 11) is 0. The molecule has 0 radical (unpaired) electrons. The third-order valence-electron chi connectivity index (χ3n) is 4.50. The zero-order valence-electron chi connectivity index (χ0n) is 14.9. The Morgan fingerprint density at radius 1 is 0.786 bits per heavy atom. The lowest BCUT2D eigenvalue weighted by atomic mass is 10.0. The van der Waals surface area contributed by atoms with E-state index in [1.807, 2.05) is 53.9 Å². The molecule has 3 aromatic carbocycles. The van der Waals surface area contributed by atoms with Gasteiger partial charge in [-0.05, 0) is 40.4 Å². The first kappa shape index (κ1) is 16.6. The Morgan fingerprint density at radius 2 is 1.57 bits per heavy atom. The van der Waals surface area contributed by atoms with Gasteiger partial charge in [0.15, 0.2) is 5.82 Å². The SMILES string of the molecule is C(=N\Nc1nc2ccccc2nc1-c1ccc2ccccc2c1)/c1cccs1. The van der Waals surface area contributed by atoms with Crippen molar-refractivity contribution in [1.82, 2.24) is 9.97 Å². The molecule has 0 amide bonds. The number of anilines is 1. The maximum atomic E-state index is 4.87. The van der Waals surface area contributed by atoms with Crippen LogP contribution in [0.25, 0.3) is 33.1 Å². The lowest BCUT2D eigenvalue weighted by molar-refractivity contribution is 1.22. The number of benzene rings is 3. The molecule has 4 nitrogen and oxygen atoms in total. The lowest BCUT2D eigenvalue weighted by Gasteiger charge is -2.10. The molecule has 5 heteroatoms. The van der Waals surface area contributed by atoms with Crippen molar-refractivity contribution in [3.63, 3.8) is 0 Å². The molecule has 2 heterocycles. The largest absolute Gasteiger partial charge is 0.259 e. The van der Waals surface area contributed by atoms with Crippen LogP contribution >= 0.6 is 11.3 Å². The lowest BCUT2D eigenvalue weighted by Crippen LogP contribution is -2.00. The number of aromatic nitrogens is 2. The monoisotopic (exact) mass is 380 g/mol. The zero-order chi connectivity index (χ0) is 18.8. The van der Waals surface area contributed by atoms with E-state index in [0.29, 0.717) is 5.82 Å². The molecule has 0 aliphatic carbocycles. The average molecular weight is 380 g/mol. The van der Waals surface area contributed by atoms with E-state index in [1.54, 1.807) is 17.6 Å². The fraction of sp³-hybridized carbons (Fsp3) is 0. The summed E-state index contributed by atoms with van der Waals surface area (Å²) < 4.78 is 0. The molecule has 0 atom stereocenters. The molecule has 0 bridgehead atoms. The number of hydrogen-bond donors (Lipinski definition) is 1. The van der Waals surface area contributed by atoms with Crippen LogP contribution in [-0.2, 0) is 0 Å². The number of hydrazone groups is 1. The minimum absolute atomic E-state index is 0.641. The number of rotatable bonds is 4. The molecule has 2 aromatic heterocycles. The van der Waals surface area contributed by atoms with Crippen molar-refractivity contribution in [2.75, 3.05) is 5.43 Å². The van der Waals surface area contributed by atoms with Crippen LogP contribution in [0.1, 0.15) is 4.88 Å². The second-order valence-electron chi connectivity index (χ2n) is 6.36. The van der Waals surface area contributed by atoms with Gasteiger partial charge in [-0.15, -0.1) is 11.3 Å². The number of nitrogens with zero attached hydrogens (tertiary/aromatic N) is 3. The fourth-order valence-corrected chi connectivity index (χ4v) is 3.72. The quantitative estimate of drug-likeness (QED) is 0.309. The summed E-state index contributed by atoms with van der Waals surface area (Å²) in [5.41, 5.74) is 6.58. The van der Waals surface area contributed by atoms with Gasteiger partial charge in [-0.1, -0.05) is 54.6 Å². The third-order valence-corrected chi connectivity index (χ3v) is 5.31. The number of fused-ring (bicyclic) bond motifs is 2. The van der Waals surface area contributed by atoms with Gasteiger partial charge < -0.3 is 0 Å². The topological polar surface area (TPSA) is 50.2 Å². The van der Waals surface area contributed by atoms with E-state index < -0.39 is 0 Å². The molecule has 134 valence electrons. The smallest absolute Gasteiger partial charge is 0.173 e. The second-order valence-corrected chi connectivity index (χ2v) is 7.34. The molecule has 0 saturated heterocycles. The van der Waals surface area contributed by atoms with Crippen molar-refractivity contribution in [2.45, 2.75) is 0 Å². The van der Waals surface area contributed by atoms with E-state index in [9.17, 15) is 0 Å². The third kappa shape index (κ3) is 3.23. The van der Waals surface area contributed by atoms with E-state index in [0.717, 1.165) is 27.2 Å². The van der Waals surface area contributed by atoms with Crippen molar-refractivity contribution in [1.29, 1.82) is 0 Å². The summed E-state index contributed by atoms with van der Waals surface area (Å²) >= 11 is 1.64. The summed E-state index contributed by atoms with van der Waals surface area (Å²) in [4.78, 5) is 10.7. The second kappa shape index (κ2) is 7.21. The molecule has 0 saturated carbocycles. The highest BCUT2D eigenvalue weighted by Gasteiger charge is 2.11. The molecule has 0 aliphatic rings. The minimum atomic E-state index is 0.641. The highest BCUT2D eigenvalue weighted by atomic mass is 32.1. The number of para-hydroxylation sites is 2.